The molecule has 0 fully saturated rings. The second-order valence-corrected chi connectivity index (χ2v) is 6.88. The molecule has 16 heteroatoms. The first kappa shape index (κ1) is 28.6. The average Bonchev–Trinajstić information content (AvgIpc) is 2.67. The van der Waals surface area contributed by atoms with Gasteiger partial charge in [0.05, 0.1) is 18.9 Å². The Morgan fingerprint density at radius 1 is 0.750 bits per heavy atom. The summed E-state index contributed by atoms with van der Waals surface area (Å²) < 4.78 is 0. The highest BCUT2D eigenvalue weighted by Gasteiger charge is 2.32. The number of carbonyl (C=O) groups is 7. The molecule has 0 spiro atoms. The summed E-state index contributed by atoms with van der Waals surface area (Å²) in [4.78, 5) is 80.9. The van der Waals surface area contributed by atoms with Crippen LogP contribution in [0.15, 0.2) is 0 Å². The minimum atomic E-state index is -1.82. The number of nitrogens with one attached hydrogen (secondary N) is 3. The summed E-state index contributed by atoms with van der Waals surface area (Å²) in [6.45, 7) is 0. The Morgan fingerprint density at radius 2 is 1.25 bits per heavy atom. The number of aliphatic carboxylic acids is 3. The van der Waals surface area contributed by atoms with Gasteiger partial charge in [-0.3, -0.25) is 28.8 Å². The van der Waals surface area contributed by atoms with Gasteiger partial charge < -0.3 is 42.7 Å². The van der Waals surface area contributed by atoms with Crippen molar-refractivity contribution < 1.29 is 48.9 Å². The fraction of sp³-hybridized carbons (Fsp3) is 0.562. The minimum Gasteiger partial charge on any atom is -0.481 e. The third-order valence-corrected chi connectivity index (χ3v) is 4.24. The van der Waals surface area contributed by atoms with Crippen LogP contribution in [0, 0.1) is 0 Å². The number of carbonyl (C=O) groups excluding carboxylic acids is 4. The first-order valence-electron chi connectivity index (χ1n) is 9.00. The Hall–Kier alpha value is -3.40. The Morgan fingerprint density at radius 3 is 1.69 bits per heavy atom. The number of carboxylic acids is 3. The molecule has 10 N–H and O–H groups in total. The van der Waals surface area contributed by atoms with E-state index in [0.29, 0.717) is 0 Å². The van der Waals surface area contributed by atoms with Gasteiger partial charge in [0.15, 0.2) is 0 Å². The van der Waals surface area contributed by atoms with E-state index in [1.807, 2.05) is 10.6 Å². The zero-order valence-electron chi connectivity index (χ0n) is 16.6. The highest BCUT2D eigenvalue weighted by Crippen LogP contribution is 2.03. The zero-order chi connectivity index (χ0) is 25.0. The first-order valence-corrected chi connectivity index (χ1v) is 9.63. The number of hydrogen-bond acceptors (Lipinski definition) is 9. The van der Waals surface area contributed by atoms with E-state index in [9.17, 15) is 33.6 Å². The van der Waals surface area contributed by atoms with Crippen molar-refractivity contribution in [1.82, 2.24) is 16.0 Å². The van der Waals surface area contributed by atoms with Crippen molar-refractivity contribution in [2.75, 3.05) is 5.75 Å². The van der Waals surface area contributed by atoms with Crippen LogP contribution in [0.3, 0.4) is 0 Å². The maximum absolute atomic E-state index is 12.6. The van der Waals surface area contributed by atoms with E-state index in [4.69, 9.17) is 26.8 Å². The number of nitrogens with two attached hydrogens (primary N) is 2. The van der Waals surface area contributed by atoms with Gasteiger partial charge in [0.2, 0.25) is 23.6 Å². The van der Waals surface area contributed by atoms with Crippen molar-refractivity contribution >= 4 is 54.2 Å². The number of primary amides is 1. The van der Waals surface area contributed by atoms with Gasteiger partial charge >= 0.3 is 17.9 Å². The second-order valence-electron chi connectivity index (χ2n) is 6.51. The molecule has 0 saturated heterocycles. The van der Waals surface area contributed by atoms with Crippen LogP contribution in [0.4, 0.5) is 0 Å². The van der Waals surface area contributed by atoms with Gasteiger partial charge in [0, 0.05) is 12.2 Å². The van der Waals surface area contributed by atoms with E-state index in [-0.39, 0.29) is 5.75 Å². The molecular weight excluding hydrogens is 454 g/mol. The van der Waals surface area contributed by atoms with Crippen molar-refractivity contribution in [3.63, 3.8) is 0 Å². The smallest absolute Gasteiger partial charge is 0.326 e. The van der Waals surface area contributed by atoms with Crippen LogP contribution >= 0.6 is 12.6 Å². The normalized spacial score (nSPS) is 14.2. The van der Waals surface area contributed by atoms with Crippen molar-refractivity contribution in [3.8, 4) is 0 Å². The summed E-state index contributed by atoms with van der Waals surface area (Å²) >= 11 is 3.83. The Balaban J connectivity index is 5.55. The maximum atomic E-state index is 12.6. The van der Waals surface area contributed by atoms with Gasteiger partial charge in [-0.05, 0) is 6.42 Å². The van der Waals surface area contributed by atoms with E-state index in [2.05, 4.69) is 17.9 Å². The van der Waals surface area contributed by atoms with Gasteiger partial charge in [0.1, 0.15) is 18.1 Å². The predicted molar refractivity (Wildman–Crippen MR) is 108 cm³/mol. The number of hydrogen-bond donors (Lipinski definition) is 9. The number of rotatable bonds is 15. The summed E-state index contributed by atoms with van der Waals surface area (Å²) in [6, 6.07) is -6.25. The average molecular weight is 479 g/mol. The van der Waals surface area contributed by atoms with Crippen LogP contribution in [0.25, 0.3) is 0 Å². The second kappa shape index (κ2) is 13.8. The van der Waals surface area contributed by atoms with Crippen molar-refractivity contribution in [3.05, 3.63) is 0 Å². The van der Waals surface area contributed by atoms with E-state index in [1.165, 1.54) is 0 Å². The lowest BCUT2D eigenvalue weighted by Crippen LogP contribution is -2.58. The molecule has 0 aliphatic carbocycles. The van der Waals surface area contributed by atoms with E-state index >= 15 is 0 Å². The van der Waals surface area contributed by atoms with Gasteiger partial charge in [-0.1, -0.05) is 0 Å². The van der Waals surface area contributed by atoms with Crippen LogP contribution < -0.4 is 27.4 Å². The minimum absolute atomic E-state index is 0.0976. The molecule has 0 aliphatic heterocycles. The predicted octanol–water partition coefficient (Wildman–Crippen LogP) is -4.00. The van der Waals surface area contributed by atoms with Crippen molar-refractivity contribution in [2.24, 2.45) is 11.5 Å². The Kier molecular flexibility index (Phi) is 12.3. The van der Waals surface area contributed by atoms with Gasteiger partial charge in [0.25, 0.3) is 0 Å². The molecule has 0 radical (unpaired) electrons. The van der Waals surface area contributed by atoms with Crippen LogP contribution in [0.2, 0.25) is 0 Å². The van der Waals surface area contributed by atoms with Crippen molar-refractivity contribution in [2.45, 2.75) is 49.9 Å². The Labute approximate surface area is 186 Å². The fourth-order valence-corrected chi connectivity index (χ4v) is 2.39. The number of thiol groups is 1. The molecule has 0 aromatic carbocycles. The molecule has 0 saturated carbocycles. The molecule has 0 aromatic heterocycles. The lowest BCUT2D eigenvalue weighted by atomic mass is 10.1. The lowest BCUT2D eigenvalue weighted by molar-refractivity contribution is -0.144. The molecule has 0 aromatic rings. The van der Waals surface area contributed by atoms with Gasteiger partial charge in [-0.2, -0.15) is 12.6 Å². The molecule has 0 bridgehead atoms. The van der Waals surface area contributed by atoms with Crippen molar-refractivity contribution in [1.29, 1.82) is 0 Å². The molecule has 32 heavy (non-hydrogen) atoms. The molecule has 0 rings (SSSR count). The molecule has 0 unspecified atom stereocenters. The molecule has 15 nitrogen and oxygen atoms in total. The lowest BCUT2D eigenvalue weighted by Gasteiger charge is -2.24. The van der Waals surface area contributed by atoms with Crippen LogP contribution in [-0.2, 0) is 33.6 Å². The molecule has 180 valence electrons. The van der Waals surface area contributed by atoms with Crippen LogP contribution in [0.5, 0.6) is 0 Å². The number of carboxylic acid groups (broad SMARTS) is 3. The largest absolute Gasteiger partial charge is 0.481 e. The first-order chi connectivity index (χ1) is 14.8. The summed E-state index contributed by atoms with van der Waals surface area (Å²) in [7, 11) is 0. The zero-order valence-corrected chi connectivity index (χ0v) is 17.5. The van der Waals surface area contributed by atoms with E-state index < -0.39 is 91.4 Å². The fourth-order valence-electron chi connectivity index (χ4n) is 2.23. The summed E-state index contributed by atoms with van der Waals surface area (Å²) in [6.07, 6.45) is -2.78. The summed E-state index contributed by atoms with van der Waals surface area (Å²) in [5.41, 5.74) is 10.4. The van der Waals surface area contributed by atoms with Gasteiger partial charge in [-0.25, -0.2) is 4.79 Å². The molecular formula is C16H25N5O10S. The monoisotopic (exact) mass is 479 g/mol. The summed E-state index contributed by atoms with van der Waals surface area (Å²) in [5.74, 6) is -8.87. The number of amides is 4. The van der Waals surface area contributed by atoms with E-state index in [0.717, 1.165) is 0 Å². The molecule has 0 aliphatic rings. The van der Waals surface area contributed by atoms with E-state index in [1.54, 1.807) is 0 Å². The standard InChI is InChI=1S/C16H25N5O10S/c17-6(5-32)13(27)19-7(1-2-11(23)24)14(28)20-8(4-12(25)26)15(29)21-9(16(30)31)3-10(18)22/h6-9,32H,1-5,17H2,(H2,18,22)(H,19,27)(H,20,28)(H,21,29)(H,23,24)(H,25,26)(H,30,31)/t6-,7-,8-,9-/m0/s1. The topological polar surface area (TPSA) is 268 Å². The molecule has 4 amide bonds. The quantitative estimate of drug-likeness (QED) is 0.102. The van der Waals surface area contributed by atoms with Crippen LogP contribution in [-0.4, -0.2) is 86.8 Å². The molecule has 0 heterocycles. The van der Waals surface area contributed by atoms with Gasteiger partial charge in [-0.15, -0.1) is 0 Å². The third kappa shape index (κ3) is 11.1. The SMILES string of the molecule is NC(=O)C[C@H](NC(=O)[C@H](CC(=O)O)NC(=O)[C@H](CCC(=O)O)NC(=O)[C@@H](N)CS)C(=O)O. The highest BCUT2D eigenvalue weighted by atomic mass is 32.1. The molecule has 4 atom stereocenters. The maximum Gasteiger partial charge on any atom is 0.326 e. The highest BCUT2D eigenvalue weighted by molar-refractivity contribution is 7.80. The third-order valence-electron chi connectivity index (χ3n) is 3.84. The Bertz CT molecular complexity index is 761. The summed E-state index contributed by atoms with van der Waals surface area (Å²) in [5, 5.41) is 33.0. The van der Waals surface area contributed by atoms with Crippen LogP contribution in [0.1, 0.15) is 25.7 Å².